The first-order chi connectivity index (χ1) is 15.6. The SMILES string of the molecule is O=c1[nH]cnc2c1nc(N1CCN(Cc3ccccc3)CC1)n2[C@H]1O[C@@H](CO)[C@H](O)[C@H]1O. The molecule has 2 fully saturated rings. The highest BCUT2D eigenvalue weighted by atomic mass is 16.6. The van der Waals surface area contributed by atoms with Gasteiger partial charge in [0.15, 0.2) is 17.4 Å². The van der Waals surface area contributed by atoms with Crippen LogP contribution in [0.4, 0.5) is 5.95 Å². The average molecular weight is 442 g/mol. The van der Waals surface area contributed by atoms with Gasteiger partial charge in [0.25, 0.3) is 5.56 Å². The van der Waals surface area contributed by atoms with Crippen molar-refractivity contribution < 1.29 is 20.1 Å². The van der Waals surface area contributed by atoms with Crippen molar-refractivity contribution in [1.82, 2.24) is 24.4 Å². The summed E-state index contributed by atoms with van der Waals surface area (Å²) in [5, 5.41) is 30.4. The first-order valence-electron chi connectivity index (χ1n) is 10.7. The number of aliphatic hydroxyl groups excluding tert-OH is 3. The zero-order chi connectivity index (χ0) is 22.2. The van der Waals surface area contributed by atoms with Crippen molar-refractivity contribution in [2.75, 3.05) is 37.7 Å². The minimum absolute atomic E-state index is 0.131. The van der Waals surface area contributed by atoms with Gasteiger partial charge in [-0.3, -0.25) is 14.3 Å². The molecule has 2 aliphatic heterocycles. The van der Waals surface area contributed by atoms with Crippen LogP contribution < -0.4 is 10.5 Å². The quantitative estimate of drug-likeness (QED) is 0.394. The van der Waals surface area contributed by atoms with Crippen LogP contribution in [0.25, 0.3) is 11.2 Å². The molecule has 1 aromatic carbocycles. The Morgan fingerprint density at radius 2 is 1.84 bits per heavy atom. The molecule has 4 N–H and O–H groups in total. The molecule has 5 rings (SSSR count). The lowest BCUT2D eigenvalue weighted by Crippen LogP contribution is -2.47. The van der Waals surface area contributed by atoms with Gasteiger partial charge in [0.05, 0.1) is 12.9 Å². The van der Waals surface area contributed by atoms with Crippen molar-refractivity contribution in [3.63, 3.8) is 0 Å². The molecule has 2 aromatic heterocycles. The van der Waals surface area contributed by atoms with Crippen LogP contribution in [0.15, 0.2) is 41.5 Å². The molecule has 0 spiro atoms. The second-order valence-corrected chi connectivity index (χ2v) is 8.16. The third kappa shape index (κ3) is 3.67. The number of aromatic nitrogens is 4. The second kappa shape index (κ2) is 8.60. The van der Waals surface area contributed by atoms with E-state index in [1.54, 1.807) is 4.57 Å². The number of imidazole rings is 1. The van der Waals surface area contributed by atoms with Gasteiger partial charge in [0.1, 0.15) is 18.3 Å². The third-order valence-electron chi connectivity index (χ3n) is 6.14. The van der Waals surface area contributed by atoms with E-state index in [1.807, 2.05) is 23.1 Å². The molecular weight excluding hydrogens is 416 g/mol. The lowest BCUT2D eigenvalue weighted by molar-refractivity contribution is -0.0505. The van der Waals surface area contributed by atoms with Gasteiger partial charge in [0.2, 0.25) is 5.95 Å². The van der Waals surface area contributed by atoms with Crippen molar-refractivity contribution in [2.24, 2.45) is 0 Å². The Hall–Kier alpha value is -2.83. The number of nitrogens with zero attached hydrogens (tertiary/aromatic N) is 5. The average Bonchev–Trinajstić information content (AvgIpc) is 3.33. The van der Waals surface area contributed by atoms with Gasteiger partial charge < -0.3 is 29.9 Å². The Bertz CT molecular complexity index is 1130. The van der Waals surface area contributed by atoms with E-state index in [0.29, 0.717) is 19.0 Å². The maximum absolute atomic E-state index is 12.4. The number of hydrogen-bond donors (Lipinski definition) is 4. The number of benzene rings is 1. The summed E-state index contributed by atoms with van der Waals surface area (Å²) in [6.07, 6.45) is -3.27. The fourth-order valence-corrected chi connectivity index (χ4v) is 4.41. The topological polar surface area (TPSA) is 140 Å². The van der Waals surface area contributed by atoms with E-state index < -0.39 is 36.7 Å². The Balaban J connectivity index is 1.44. The van der Waals surface area contributed by atoms with Gasteiger partial charge in [-0.15, -0.1) is 0 Å². The number of aliphatic hydroxyl groups is 3. The Kier molecular flexibility index (Phi) is 5.66. The van der Waals surface area contributed by atoms with Gasteiger partial charge in [-0.25, -0.2) is 9.97 Å². The summed E-state index contributed by atoms with van der Waals surface area (Å²) in [7, 11) is 0. The van der Waals surface area contributed by atoms with E-state index in [1.165, 1.54) is 11.9 Å². The molecule has 4 heterocycles. The molecule has 0 aliphatic carbocycles. The number of hydrogen-bond acceptors (Lipinski definition) is 9. The predicted molar refractivity (Wildman–Crippen MR) is 115 cm³/mol. The predicted octanol–water partition coefficient (Wildman–Crippen LogP) is -0.947. The minimum atomic E-state index is -1.30. The zero-order valence-corrected chi connectivity index (χ0v) is 17.4. The molecule has 11 nitrogen and oxygen atoms in total. The van der Waals surface area contributed by atoms with E-state index in [-0.39, 0.29) is 11.2 Å². The Morgan fingerprint density at radius 1 is 1.09 bits per heavy atom. The smallest absolute Gasteiger partial charge is 0.278 e. The van der Waals surface area contributed by atoms with Crippen molar-refractivity contribution >= 4 is 17.1 Å². The van der Waals surface area contributed by atoms with E-state index in [9.17, 15) is 20.1 Å². The third-order valence-corrected chi connectivity index (χ3v) is 6.14. The number of H-pyrrole nitrogens is 1. The van der Waals surface area contributed by atoms with Crippen LogP contribution in [0.2, 0.25) is 0 Å². The number of aromatic amines is 1. The summed E-state index contributed by atoms with van der Waals surface area (Å²) < 4.78 is 7.30. The largest absolute Gasteiger partial charge is 0.394 e. The molecule has 170 valence electrons. The number of nitrogens with one attached hydrogen (secondary N) is 1. The molecule has 0 saturated carbocycles. The van der Waals surface area contributed by atoms with E-state index >= 15 is 0 Å². The first kappa shape index (κ1) is 21.0. The first-order valence-corrected chi connectivity index (χ1v) is 10.7. The summed E-state index contributed by atoms with van der Waals surface area (Å²) in [5.74, 6) is 0.443. The van der Waals surface area contributed by atoms with Crippen LogP contribution in [0.3, 0.4) is 0 Å². The van der Waals surface area contributed by atoms with Crippen LogP contribution in [0, 0.1) is 0 Å². The molecular formula is C21H26N6O5. The highest BCUT2D eigenvalue weighted by Gasteiger charge is 2.45. The summed E-state index contributed by atoms with van der Waals surface area (Å²) in [4.78, 5) is 28.0. The molecule has 32 heavy (non-hydrogen) atoms. The fraction of sp³-hybridized carbons (Fsp3) is 0.476. The number of rotatable bonds is 5. The summed E-state index contributed by atoms with van der Waals surface area (Å²) in [5.41, 5.74) is 1.23. The monoisotopic (exact) mass is 442 g/mol. The minimum Gasteiger partial charge on any atom is -0.394 e. The molecule has 0 amide bonds. The van der Waals surface area contributed by atoms with Crippen LogP contribution in [0.5, 0.6) is 0 Å². The lowest BCUT2D eigenvalue weighted by atomic mass is 10.1. The fourth-order valence-electron chi connectivity index (χ4n) is 4.41. The highest BCUT2D eigenvalue weighted by molar-refractivity contribution is 5.74. The maximum Gasteiger partial charge on any atom is 0.278 e. The van der Waals surface area contributed by atoms with Gasteiger partial charge >= 0.3 is 0 Å². The van der Waals surface area contributed by atoms with Gasteiger partial charge in [-0.1, -0.05) is 30.3 Å². The molecule has 3 aromatic rings. The van der Waals surface area contributed by atoms with E-state index in [2.05, 4.69) is 32.0 Å². The lowest BCUT2D eigenvalue weighted by Gasteiger charge is -2.36. The standard InChI is InChI=1S/C21H26N6O5/c28-11-14-16(29)17(30)20(32-14)27-18-15(19(31)23-12-22-18)24-21(27)26-8-6-25(7-9-26)10-13-4-2-1-3-5-13/h1-5,12,14,16-17,20,28-30H,6-11H2,(H,22,23,31)/t14-,16-,17+,20-/m0/s1. The van der Waals surface area contributed by atoms with Crippen LogP contribution in [0.1, 0.15) is 11.8 Å². The number of ether oxygens (including phenoxy) is 1. The summed E-state index contributed by atoms with van der Waals surface area (Å²) in [6.45, 7) is 3.30. The van der Waals surface area contributed by atoms with E-state index in [4.69, 9.17) is 4.74 Å². The molecule has 2 aliphatic rings. The maximum atomic E-state index is 12.4. The normalized spacial score (nSPS) is 26.8. The Morgan fingerprint density at radius 3 is 2.53 bits per heavy atom. The molecule has 4 atom stereocenters. The summed E-state index contributed by atoms with van der Waals surface area (Å²) in [6, 6.07) is 10.3. The number of anilines is 1. The summed E-state index contributed by atoms with van der Waals surface area (Å²) >= 11 is 0. The zero-order valence-electron chi connectivity index (χ0n) is 17.4. The van der Waals surface area contributed by atoms with Crippen molar-refractivity contribution in [3.05, 3.63) is 52.6 Å². The van der Waals surface area contributed by atoms with Crippen molar-refractivity contribution in [2.45, 2.75) is 31.1 Å². The van der Waals surface area contributed by atoms with E-state index in [0.717, 1.165) is 19.6 Å². The molecule has 2 saturated heterocycles. The number of fused-ring (bicyclic) bond motifs is 1. The Labute approximate surface area is 183 Å². The van der Waals surface area contributed by atoms with Gasteiger partial charge in [-0.05, 0) is 5.56 Å². The molecule has 0 radical (unpaired) electrons. The second-order valence-electron chi connectivity index (χ2n) is 8.16. The molecule has 0 bridgehead atoms. The molecule has 0 unspecified atom stereocenters. The van der Waals surface area contributed by atoms with Crippen LogP contribution >= 0.6 is 0 Å². The van der Waals surface area contributed by atoms with Gasteiger partial charge in [-0.2, -0.15) is 0 Å². The molecule has 11 heteroatoms. The van der Waals surface area contributed by atoms with Gasteiger partial charge in [0, 0.05) is 32.7 Å². The van der Waals surface area contributed by atoms with Crippen LogP contribution in [-0.2, 0) is 11.3 Å². The van der Waals surface area contributed by atoms with Crippen LogP contribution in [-0.4, -0.2) is 90.8 Å². The van der Waals surface area contributed by atoms with Crippen molar-refractivity contribution in [1.29, 1.82) is 0 Å². The van der Waals surface area contributed by atoms with Crippen molar-refractivity contribution in [3.8, 4) is 0 Å². The highest BCUT2D eigenvalue weighted by Crippen LogP contribution is 2.35. The number of piperazine rings is 1.